The second-order valence-corrected chi connectivity index (χ2v) is 6.67. The molecule has 1 aliphatic heterocycles. The zero-order valence-electron chi connectivity index (χ0n) is 14.3. The van der Waals surface area contributed by atoms with Crippen LogP contribution in [0.1, 0.15) is 5.56 Å². The molecule has 0 saturated carbocycles. The van der Waals surface area contributed by atoms with Crippen molar-refractivity contribution in [3.8, 4) is 0 Å². The van der Waals surface area contributed by atoms with Crippen LogP contribution in [0.5, 0.6) is 0 Å². The number of thiophene rings is 1. The Morgan fingerprint density at radius 3 is 2.42 bits per heavy atom. The third-order valence-electron chi connectivity index (χ3n) is 3.88. The molecule has 2 amide bonds. The van der Waals surface area contributed by atoms with Crippen LogP contribution >= 0.6 is 11.3 Å². The van der Waals surface area contributed by atoms with Crippen LogP contribution in [0.2, 0.25) is 0 Å². The first-order chi connectivity index (χ1) is 12.7. The second-order valence-electron chi connectivity index (χ2n) is 5.89. The molecule has 7 heteroatoms. The minimum absolute atomic E-state index is 0.0534. The number of nitrogens with one attached hydrogen (secondary N) is 2. The van der Waals surface area contributed by atoms with Crippen LogP contribution < -0.4 is 10.6 Å². The van der Waals surface area contributed by atoms with E-state index in [1.165, 1.54) is 6.08 Å². The number of morpholine rings is 1. The number of rotatable bonds is 6. The number of anilines is 2. The first-order valence-electron chi connectivity index (χ1n) is 8.40. The maximum absolute atomic E-state index is 12.1. The highest BCUT2D eigenvalue weighted by Gasteiger charge is 2.14. The molecule has 1 fully saturated rings. The van der Waals surface area contributed by atoms with Crippen molar-refractivity contribution in [1.82, 2.24) is 4.90 Å². The number of amides is 2. The van der Waals surface area contributed by atoms with Crippen LogP contribution in [0.3, 0.4) is 0 Å². The van der Waals surface area contributed by atoms with Gasteiger partial charge in [0.2, 0.25) is 11.8 Å². The molecule has 6 nitrogen and oxygen atoms in total. The zero-order valence-corrected chi connectivity index (χ0v) is 15.1. The second kappa shape index (κ2) is 9.28. The molecule has 0 atom stereocenters. The van der Waals surface area contributed by atoms with Gasteiger partial charge < -0.3 is 15.4 Å². The molecule has 0 radical (unpaired) electrons. The standard InChI is InChI=1S/C19H21N3O3S/c23-18(6-1-15-7-12-26-14-15)20-16-2-4-17(5-3-16)21-19(24)13-22-8-10-25-11-9-22/h1-7,12,14H,8-11,13H2,(H,20,23)(H,21,24)/b6-1+. The van der Waals surface area contributed by atoms with Gasteiger partial charge in [0.15, 0.2) is 0 Å². The molecule has 1 aromatic heterocycles. The van der Waals surface area contributed by atoms with E-state index in [9.17, 15) is 9.59 Å². The molecule has 2 heterocycles. The predicted octanol–water partition coefficient (Wildman–Crippen LogP) is 2.67. The van der Waals surface area contributed by atoms with Crippen molar-refractivity contribution in [3.05, 3.63) is 52.7 Å². The summed E-state index contributed by atoms with van der Waals surface area (Å²) in [5.74, 6) is -0.248. The molecule has 1 aliphatic rings. The lowest BCUT2D eigenvalue weighted by atomic mass is 10.2. The normalized spacial score (nSPS) is 15.1. The monoisotopic (exact) mass is 371 g/mol. The Balaban J connectivity index is 1.46. The van der Waals surface area contributed by atoms with Crippen molar-refractivity contribution in [2.45, 2.75) is 0 Å². The highest BCUT2D eigenvalue weighted by molar-refractivity contribution is 7.08. The van der Waals surface area contributed by atoms with Gasteiger partial charge in [-0.1, -0.05) is 0 Å². The Morgan fingerprint density at radius 2 is 1.77 bits per heavy atom. The topological polar surface area (TPSA) is 70.7 Å². The highest BCUT2D eigenvalue weighted by atomic mass is 32.1. The summed E-state index contributed by atoms with van der Waals surface area (Å²) >= 11 is 1.59. The molecule has 1 saturated heterocycles. The summed E-state index contributed by atoms with van der Waals surface area (Å²) in [5.41, 5.74) is 2.38. The van der Waals surface area contributed by atoms with E-state index in [1.54, 1.807) is 41.7 Å². The Kier molecular flexibility index (Phi) is 6.54. The van der Waals surface area contributed by atoms with E-state index >= 15 is 0 Å². The van der Waals surface area contributed by atoms with Gasteiger partial charge in [-0.25, -0.2) is 0 Å². The van der Waals surface area contributed by atoms with Gasteiger partial charge in [0.1, 0.15) is 0 Å². The maximum Gasteiger partial charge on any atom is 0.248 e. The Labute approximate surface area is 156 Å². The molecule has 3 rings (SSSR count). The Morgan fingerprint density at radius 1 is 1.08 bits per heavy atom. The van der Waals surface area contributed by atoms with Crippen molar-refractivity contribution in [1.29, 1.82) is 0 Å². The summed E-state index contributed by atoms with van der Waals surface area (Å²) in [6.45, 7) is 3.24. The number of ether oxygens (including phenoxy) is 1. The van der Waals surface area contributed by atoms with E-state index in [-0.39, 0.29) is 11.8 Å². The highest BCUT2D eigenvalue weighted by Crippen LogP contribution is 2.14. The van der Waals surface area contributed by atoms with Crippen LogP contribution in [0.4, 0.5) is 11.4 Å². The largest absolute Gasteiger partial charge is 0.379 e. The molecule has 136 valence electrons. The van der Waals surface area contributed by atoms with Crippen molar-refractivity contribution in [2.75, 3.05) is 43.5 Å². The van der Waals surface area contributed by atoms with Gasteiger partial charge in [-0.15, -0.1) is 0 Å². The fourth-order valence-electron chi connectivity index (χ4n) is 2.53. The quantitative estimate of drug-likeness (QED) is 0.766. The zero-order chi connectivity index (χ0) is 18.2. The number of hydrogen-bond acceptors (Lipinski definition) is 5. The van der Waals surface area contributed by atoms with E-state index in [0.29, 0.717) is 31.1 Å². The first-order valence-corrected chi connectivity index (χ1v) is 9.34. The summed E-state index contributed by atoms with van der Waals surface area (Å²) in [4.78, 5) is 26.0. The SMILES string of the molecule is O=C(/C=C/c1ccsc1)Nc1ccc(NC(=O)CN2CCOCC2)cc1. The van der Waals surface area contributed by atoms with E-state index in [2.05, 4.69) is 15.5 Å². The molecule has 1 aromatic carbocycles. The van der Waals surface area contributed by atoms with E-state index in [1.807, 2.05) is 16.8 Å². The minimum Gasteiger partial charge on any atom is -0.379 e. The molecule has 0 spiro atoms. The van der Waals surface area contributed by atoms with Crippen LogP contribution in [-0.2, 0) is 14.3 Å². The molecule has 2 aromatic rings. The molecule has 2 N–H and O–H groups in total. The summed E-state index contributed by atoms with van der Waals surface area (Å²) in [5, 5.41) is 9.59. The van der Waals surface area contributed by atoms with Gasteiger partial charge in [-0.2, -0.15) is 11.3 Å². The van der Waals surface area contributed by atoms with E-state index in [0.717, 1.165) is 18.7 Å². The molecule has 0 aliphatic carbocycles. The van der Waals surface area contributed by atoms with E-state index in [4.69, 9.17) is 4.74 Å². The molecule has 0 bridgehead atoms. The molecular weight excluding hydrogens is 350 g/mol. The number of hydrogen-bond donors (Lipinski definition) is 2. The van der Waals surface area contributed by atoms with Crippen molar-refractivity contribution in [3.63, 3.8) is 0 Å². The molecule has 0 unspecified atom stereocenters. The average molecular weight is 371 g/mol. The van der Waals surface area contributed by atoms with Gasteiger partial charge in [-0.05, 0) is 52.7 Å². The lowest BCUT2D eigenvalue weighted by molar-refractivity contribution is -0.118. The smallest absolute Gasteiger partial charge is 0.248 e. The maximum atomic E-state index is 12.1. The van der Waals surface area contributed by atoms with Gasteiger partial charge in [0.25, 0.3) is 0 Å². The fourth-order valence-corrected chi connectivity index (χ4v) is 3.15. The van der Waals surface area contributed by atoms with E-state index < -0.39 is 0 Å². The lowest BCUT2D eigenvalue weighted by Gasteiger charge is -2.25. The van der Waals surface area contributed by atoms with Crippen molar-refractivity contribution < 1.29 is 14.3 Å². The Bertz CT molecular complexity index is 751. The van der Waals surface area contributed by atoms with Crippen LogP contribution in [-0.4, -0.2) is 49.6 Å². The van der Waals surface area contributed by atoms with Crippen molar-refractivity contribution in [2.24, 2.45) is 0 Å². The van der Waals surface area contributed by atoms with Crippen LogP contribution in [0.15, 0.2) is 47.2 Å². The van der Waals surface area contributed by atoms with Crippen LogP contribution in [0, 0.1) is 0 Å². The number of nitrogens with zero attached hydrogens (tertiary/aromatic N) is 1. The third-order valence-corrected chi connectivity index (χ3v) is 4.58. The lowest BCUT2D eigenvalue weighted by Crippen LogP contribution is -2.41. The number of carbonyl (C=O) groups excluding carboxylic acids is 2. The van der Waals surface area contributed by atoms with Gasteiger partial charge in [0.05, 0.1) is 19.8 Å². The Hall–Kier alpha value is -2.48. The van der Waals surface area contributed by atoms with Gasteiger partial charge in [-0.3, -0.25) is 14.5 Å². The minimum atomic E-state index is -0.194. The van der Waals surface area contributed by atoms with Crippen LogP contribution in [0.25, 0.3) is 6.08 Å². The van der Waals surface area contributed by atoms with Crippen molar-refractivity contribution >= 4 is 40.6 Å². The summed E-state index contributed by atoms with van der Waals surface area (Å²) in [6, 6.07) is 9.02. The summed E-state index contributed by atoms with van der Waals surface area (Å²) < 4.78 is 5.27. The molecular formula is C19H21N3O3S. The fraction of sp³-hybridized carbons (Fsp3) is 0.263. The van der Waals surface area contributed by atoms with Gasteiger partial charge >= 0.3 is 0 Å². The summed E-state index contributed by atoms with van der Waals surface area (Å²) in [7, 11) is 0. The predicted molar refractivity (Wildman–Crippen MR) is 104 cm³/mol. The number of carbonyl (C=O) groups is 2. The molecule has 26 heavy (non-hydrogen) atoms. The first kappa shape index (κ1) is 18.3. The average Bonchev–Trinajstić information content (AvgIpc) is 3.16. The van der Waals surface area contributed by atoms with Gasteiger partial charge in [0, 0.05) is 30.5 Å². The number of benzene rings is 1. The summed E-state index contributed by atoms with van der Waals surface area (Å²) in [6.07, 6.45) is 3.27. The third kappa shape index (κ3) is 5.80.